The molecule has 16 heavy (non-hydrogen) atoms. The lowest BCUT2D eigenvalue weighted by atomic mass is 10.2. The molecule has 3 heteroatoms. The molecule has 0 fully saturated rings. The lowest BCUT2D eigenvalue weighted by Gasteiger charge is -2.11. The lowest BCUT2D eigenvalue weighted by molar-refractivity contribution is 0.251. The van der Waals surface area contributed by atoms with Crippen LogP contribution in [0.5, 0.6) is 5.75 Å². The molecule has 0 unspecified atom stereocenters. The molecule has 90 valence electrons. The number of rotatable bonds is 7. The zero-order chi connectivity index (χ0) is 11.8. The first-order valence-electron chi connectivity index (χ1n) is 5.82. The highest BCUT2D eigenvalue weighted by atomic mass is 16.5. The van der Waals surface area contributed by atoms with Crippen LogP contribution in [-0.4, -0.2) is 24.4 Å². The molecule has 1 aromatic rings. The van der Waals surface area contributed by atoms with Crippen molar-refractivity contribution in [3.63, 3.8) is 0 Å². The summed E-state index contributed by atoms with van der Waals surface area (Å²) in [6.45, 7) is 5.75. The van der Waals surface area contributed by atoms with Gasteiger partial charge in [-0.3, -0.25) is 0 Å². The molecule has 0 amide bonds. The molecule has 0 saturated carbocycles. The SMILES string of the molecule is CCCOc1ccc(CN[C@H](C)CO)cc1. The monoisotopic (exact) mass is 223 g/mol. The lowest BCUT2D eigenvalue weighted by Crippen LogP contribution is -2.28. The first kappa shape index (κ1) is 13.0. The molecule has 2 N–H and O–H groups in total. The van der Waals surface area contributed by atoms with Gasteiger partial charge in [0.2, 0.25) is 0 Å². The third kappa shape index (κ3) is 4.64. The van der Waals surface area contributed by atoms with Crippen LogP contribution in [0.3, 0.4) is 0 Å². The summed E-state index contributed by atoms with van der Waals surface area (Å²) in [5, 5.41) is 12.1. The van der Waals surface area contributed by atoms with Gasteiger partial charge in [-0.15, -0.1) is 0 Å². The molecule has 0 aliphatic carbocycles. The maximum absolute atomic E-state index is 8.87. The minimum absolute atomic E-state index is 0.135. The van der Waals surface area contributed by atoms with Crippen LogP contribution < -0.4 is 10.1 Å². The minimum atomic E-state index is 0.135. The smallest absolute Gasteiger partial charge is 0.119 e. The van der Waals surface area contributed by atoms with Crippen molar-refractivity contribution in [3.05, 3.63) is 29.8 Å². The Hall–Kier alpha value is -1.06. The molecule has 1 aromatic carbocycles. The van der Waals surface area contributed by atoms with Crippen molar-refractivity contribution >= 4 is 0 Å². The summed E-state index contributed by atoms with van der Waals surface area (Å²) in [4.78, 5) is 0. The second kappa shape index (κ2) is 7.25. The number of hydrogen-bond donors (Lipinski definition) is 2. The fraction of sp³-hybridized carbons (Fsp3) is 0.538. The van der Waals surface area contributed by atoms with E-state index in [9.17, 15) is 0 Å². The average Bonchev–Trinajstić information content (AvgIpc) is 2.34. The Morgan fingerprint density at radius 2 is 2.00 bits per heavy atom. The average molecular weight is 223 g/mol. The van der Waals surface area contributed by atoms with E-state index in [0.29, 0.717) is 0 Å². The highest BCUT2D eigenvalue weighted by Gasteiger charge is 1.99. The van der Waals surface area contributed by atoms with E-state index in [0.717, 1.165) is 25.3 Å². The highest BCUT2D eigenvalue weighted by molar-refractivity contribution is 5.27. The van der Waals surface area contributed by atoms with Gasteiger partial charge in [0.25, 0.3) is 0 Å². The molecule has 0 aromatic heterocycles. The molecule has 0 radical (unpaired) electrons. The molecule has 0 saturated heterocycles. The Morgan fingerprint density at radius 1 is 1.31 bits per heavy atom. The van der Waals surface area contributed by atoms with Crippen LogP contribution in [0, 0.1) is 0 Å². The molecule has 3 nitrogen and oxygen atoms in total. The topological polar surface area (TPSA) is 41.5 Å². The van der Waals surface area contributed by atoms with Crippen molar-refractivity contribution in [2.45, 2.75) is 32.9 Å². The first-order chi connectivity index (χ1) is 7.76. The Labute approximate surface area is 97.4 Å². The van der Waals surface area contributed by atoms with Gasteiger partial charge in [-0.2, -0.15) is 0 Å². The van der Waals surface area contributed by atoms with Crippen LogP contribution in [0.2, 0.25) is 0 Å². The van der Waals surface area contributed by atoms with Crippen LogP contribution in [0.25, 0.3) is 0 Å². The number of aliphatic hydroxyl groups excluding tert-OH is 1. The Kier molecular flexibility index (Phi) is 5.90. The van der Waals surface area contributed by atoms with E-state index in [1.807, 2.05) is 31.2 Å². The summed E-state index contributed by atoms with van der Waals surface area (Å²) in [6, 6.07) is 8.19. The standard InChI is InChI=1S/C13H21NO2/c1-3-8-16-13-6-4-12(5-7-13)9-14-11(2)10-15/h4-7,11,14-15H,3,8-10H2,1-2H3/t11-/m1/s1. The normalized spacial score (nSPS) is 12.4. The zero-order valence-electron chi connectivity index (χ0n) is 10.1. The van der Waals surface area contributed by atoms with E-state index in [4.69, 9.17) is 9.84 Å². The largest absolute Gasteiger partial charge is 0.494 e. The van der Waals surface area contributed by atoms with E-state index >= 15 is 0 Å². The van der Waals surface area contributed by atoms with Crippen molar-refractivity contribution in [1.82, 2.24) is 5.32 Å². The van der Waals surface area contributed by atoms with Crippen LogP contribution in [-0.2, 0) is 6.54 Å². The van der Waals surface area contributed by atoms with E-state index in [1.165, 1.54) is 5.56 Å². The number of nitrogens with one attached hydrogen (secondary N) is 1. The van der Waals surface area contributed by atoms with E-state index in [-0.39, 0.29) is 12.6 Å². The van der Waals surface area contributed by atoms with Crippen molar-refractivity contribution in [3.8, 4) is 5.75 Å². The molecular weight excluding hydrogens is 202 g/mol. The van der Waals surface area contributed by atoms with Gasteiger partial charge in [0.15, 0.2) is 0 Å². The summed E-state index contributed by atoms with van der Waals surface area (Å²) >= 11 is 0. The molecule has 0 heterocycles. The summed E-state index contributed by atoms with van der Waals surface area (Å²) < 4.78 is 5.50. The van der Waals surface area contributed by atoms with Gasteiger partial charge in [0.05, 0.1) is 13.2 Å². The number of aliphatic hydroxyl groups is 1. The number of hydrogen-bond acceptors (Lipinski definition) is 3. The molecular formula is C13H21NO2. The van der Waals surface area contributed by atoms with Gasteiger partial charge >= 0.3 is 0 Å². The molecule has 0 spiro atoms. The van der Waals surface area contributed by atoms with E-state index in [1.54, 1.807) is 0 Å². The van der Waals surface area contributed by atoms with Crippen LogP contribution in [0.1, 0.15) is 25.8 Å². The fourth-order valence-electron chi connectivity index (χ4n) is 1.28. The molecule has 1 rings (SSSR count). The Bertz CT molecular complexity index is 284. The minimum Gasteiger partial charge on any atom is -0.494 e. The van der Waals surface area contributed by atoms with Crippen LogP contribution >= 0.6 is 0 Å². The van der Waals surface area contributed by atoms with Crippen LogP contribution in [0.4, 0.5) is 0 Å². The van der Waals surface area contributed by atoms with E-state index < -0.39 is 0 Å². The summed E-state index contributed by atoms with van der Waals surface area (Å²) in [7, 11) is 0. The Morgan fingerprint density at radius 3 is 2.56 bits per heavy atom. The third-order valence-electron chi connectivity index (χ3n) is 2.32. The maximum atomic E-state index is 8.87. The van der Waals surface area contributed by atoms with Crippen molar-refractivity contribution < 1.29 is 9.84 Å². The number of ether oxygens (including phenoxy) is 1. The summed E-state index contributed by atoms with van der Waals surface area (Å²) in [5.41, 5.74) is 1.20. The maximum Gasteiger partial charge on any atom is 0.119 e. The molecule has 0 aliphatic heterocycles. The molecule has 1 atom stereocenters. The van der Waals surface area contributed by atoms with Gasteiger partial charge in [0, 0.05) is 12.6 Å². The van der Waals surface area contributed by atoms with Crippen molar-refractivity contribution in [2.75, 3.05) is 13.2 Å². The highest BCUT2D eigenvalue weighted by Crippen LogP contribution is 2.12. The van der Waals surface area contributed by atoms with Crippen molar-refractivity contribution in [1.29, 1.82) is 0 Å². The summed E-state index contributed by atoms with van der Waals surface area (Å²) in [6.07, 6.45) is 1.03. The molecule has 0 bridgehead atoms. The van der Waals surface area contributed by atoms with Gasteiger partial charge in [-0.1, -0.05) is 19.1 Å². The summed E-state index contributed by atoms with van der Waals surface area (Å²) in [5.74, 6) is 0.917. The molecule has 0 aliphatic rings. The number of benzene rings is 1. The van der Waals surface area contributed by atoms with E-state index in [2.05, 4.69) is 12.2 Å². The second-order valence-electron chi connectivity index (χ2n) is 3.96. The van der Waals surface area contributed by atoms with Crippen LogP contribution in [0.15, 0.2) is 24.3 Å². The van der Waals surface area contributed by atoms with Gasteiger partial charge in [-0.05, 0) is 31.0 Å². The predicted octanol–water partition coefficient (Wildman–Crippen LogP) is 1.95. The zero-order valence-corrected chi connectivity index (χ0v) is 10.1. The quantitative estimate of drug-likeness (QED) is 0.742. The Balaban J connectivity index is 2.38. The fourth-order valence-corrected chi connectivity index (χ4v) is 1.28. The second-order valence-corrected chi connectivity index (χ2v) is 3.96. The van der Waals surface area contributed by atoms with Gasteiger partial charge in [-0.25, -0.2) is 0 Å². The third-order valence-corrected chi connectivity index (χ3v) is 2.32. The van der Waals surface area contributed by atoms with Gasteiger partial charge in [0.1, 0.15) is 5.75 Å². The first-order valence-corrected chi connectivity index (χ1v) is 5.82. The van der Waals surface area contributed by atoms with Crippen molar-refractivity contribution in [2.24, 2.45) is 0 Å². The predicted molar refractivity (Wildman–Crippen MR) is 65.6 cm³/mol. The van der Waals surface area contributed by atoms with Gasteiger partial charge < -0.3 is 15.2 Å².